The van der Waals surface area contributed by atoms with Gasteiger partial charge in [-0.25, -0.2) is 4.39 Å². The lowest BCUT2D eigenvalue weighted by Gasteiger charge is -2.09. The lowest BCUT2D eigenvalue weighted by Crippen LogP contribution is -2.13. The number of phenolic OH excluding ortho intramolecular Hbond substituents is 1. The predicted octanol–water partition coefficient (Wildman–Crippen LogP) is 2.66. The molecule has 5 nitrogen and oxygen atoms in total. The lowest BCUT2D eigenvalue weighted by atomic mass is 10.1. The molecule has 0 spiro atoms. The van der Waals surface area contributed by atoms with E-state index in [4.69, 9.17) is 10.00 Å². The fourth-order valence-corrected chi connectivity index (χ4v) is 1.71. The monoisotopic (exact) mass is 286 g/mol. The molecule has 0 aliphatic rings. The Kier molecular flexibility index (Phi) is 4.05. The summed E-state index contributed by atoms with van der Waals surface area (Å²) in [6.45, 7) is 0. The largest absolute Gasteiger partial charge is 0.507 e. The van der Waals surface area contributed by atoms with Crippen LogP contribution in [0.3, 0.4) is 0 Å². The number of hydrogen-bond acceptors (Lipinski definition) is 4. The fourth-order valence-electron chi connectivity index (χ4n) is 1.71. The first-order valence-corrected chi connectivity index (χ1v) is 5.93. The normalized spacial score (nSPS) is 9.76. The molecule has 0 saturated carbocycles. The topological polar surface area (TPSA) is 82.3 Å². The van der Waals surface area contributed by atoms with Gasteiger partial charge in [0.25, 0.3) is 5.91 Å². The van der Waals surface area contributed by atoms with Crippen LogP contribution in [-0.4, -0.2) is 18.1 Å². The molecule has 0 atom stereocenters. The smallest absolute Gasteiger partial charge is 0.259 e. The van der Waals surface area contributed by atoms with Crippen molar-refractivity contribution < 1.29 is 19.0 Å². The van der Waals surface area contributed by atoms with Gasteiger partial charge in [-0.3, -0.25) is 4.79 Å². The van der Waals surface area contributed by atoms with Gasteiger partial charge in [0.05, 0.1) is 30.0 Å². The molecule has 1 amide bonds. The maximum atomic E-state index is 13.7. The molecule has 21 heavy (non-hydrogen) atoms. The van der Waals surface area contributed by atoms with Crippen LogP contribution < -0.4 is 10.1 Å². The number of carbonyl (C=O) groups excluding carboxylic acids is 1. The van der Waals surface area contributed by atoms with Gasteiger partial charge in [0.15, 0.2) is 0 Å². The second kappa shape index (κ2) is 5.92. The summed E-state index contributed by atoms with van der Waals surface area (Å²) >= 11 is 0. The van der Waals surface area contributed by atoms with Gasteiger partial charge in [0.1, 0.15) is 17.3 Å². The Morgan fingerprint density at radius 2 is 2.10 bits per heavy atom. The molecule has 0 aliphatic heterocycles. The summed E-state index contributed by atoms with van der Waals surface area (Å²) in [5.74, 6) is -1.27. The molecular formula is C15H11FN2O3. The number of amides is 1. The molecule has 0 radical (unpaired) electrons. The molecule has 2 aromatic rings. The summed E-state index contributed by atoms with van der Waals surface area (Å²) in [4.78, 5) is 12.0. The van der Waals surface area contributed by atoms with Crippen LogP contribution in [-0.2, 0) is 0 Å². The highest BCUT2D eigenvalue weighted by Crippen LogP contribution is 2.25. The van der Waals surface area contributed by atoms with E-state index in [0.29, 0.717) is 5.75 Å². The molecule has 2 N–H and O–H groups in total. The number of anilines is 1. The summed E-state index contributed by atoms with van der Waals surface area (Å²) in [7, 11) is 1.43. The summed E-state index contributed by atoms with van der Waals surface area (Å²) in [5, 5.41) is 20.7. The van der Waals surface area contributed by atoms with Crippen molar-refractivity contribution >= 4 is 11.6 Å². The van der Waals surface area contributed by atoms with E-state index in [1.807, 2.05) is 0 Å². The van der Waals surface area contributed by atoms with Crippen LogP contribution in [0, 0.1) is 17.1 Å². The lowest BCUT2D eigenvalue weighted by molar-refractivity contribution is 0.102. The number of ether oxygens (including phenoxy) is 1. The van der Waals surface area contributed by atoms with Crippen molar-refractivity contribution in [2.75, 3.05) is 12.4 Å². The van der Waals surface area contributed by atoms with Gasteiger partial charge < -0.3 is 15.2 Å². The fraction of sp³-hybridized carbons (Fsp3) is 0.0667. The Bertz CT molecular complexity index is 738. The third-order valence-corrected chi connectivity index (χ3v) is 2.80. The van der Waals surface area contributed by atoms with Crippen LogP contribution in [0.15, 0.2) is 36.4 Å². The summed E-state index contributed by atoms with van der Waals surface area (Å²) in [6.07, 6.45) is 0. The van der Waals surface area contributed by atoms with Gasteiger partial charge in [-0.2, -0.15) is 5.26 Å². The maximum Gasteiger partial charge on any atom is 0.259 e. The van der Waals surface area contributed by atoms with E-state index in [9.17, 15) is 14.3 Å². The summed E-state index contributed by atoms with van der Waals surface area (Å²) in [6, 6.07) is 9.63. The summed E-state index contributed by atoms with van der Waals surface area (Å²) in [5.41, 5.74) is 0.0616. The zero-order valence-electron chi connectivity index (χ0n) is 11.1. The Labute approximate surface area is 120 Å². The highest BCUT2D eigenvalue weighted by Gasteiger charge is 2.14. The molecule has 2 aromatic carbocycles. The Morgan fingerprint density at radius 3 is 2.67 bits per heavy atom. The molecule has 0 fully saturated rings. The third kappa shape index (κ3) is 3.09. The number of hydrogen-bond donors (Lipinski definition) is 2. The number of rotatable bonds is 3. The number of carbonyl (C=O) groups is 1. The molecule has 0 heterocycles. The van der Waals surface area contributed by atoms with Gasteiger partial charge in [0, 0.05) is 6.07 Å². The molecular weight excluding hydrogens is 275 g/mol. The van der Waals surface area contributed by atoms with E-state index in [2.05, 4.69) is 5.32 Å². The number of methoxy groups -OCH3 is 1. The van der Waals surface area contributed by atoms with Gasteiger partial charge >= 0.3 is 0 Å². The van der Waals surface area contributed by atoms with Crippen LogP contribution in [0.25, 0.3) is 0 Å². The molecule has 6 heteroatoms. The number of nitriles is 1. The second-order valence-corrected chi connectivity index (χ2v) is 4.14. The van der Waals surface area contributed by atoms with E-state index in [1.54, 1.807) is 6.07 Å². The van der Waals surface area contributed by atoms with Gasteiger partial charge in [-0.15, -0.1) is 0 Å². The number of phenols is 1. The standard InChI is InChI=1S/C15H11FN2O3/c1-21-10-3-4-11(14(19)7-10)15(20)18-13-5-2-9(8-17)6-12(13)16/h2-7,19H,1H3,(H,18,20). The van der Waals surface area contributed by atoms with Crippen LogP contribution >= 0.6 is 0 Å². The number of nitrogens with zero attached hydrogens (tertiary/aromatic N) is 1. The molecule has 2 rings (SSSR count). The molecule has 0 aliphatic carbocycles. The highest BCUT2D eigenvalue weighted by atomic mass is 19.1. The van der Waals surface area contributed by atoms with Crippen LogP contribution in [0.2, 0.25) is 0 Å². The average molecular weight is 286 g/mol. The first kappa shape index (κ1) is 14.3. The van der Waals surface area contributed by atoms with E-state index < -0.39 is 11.7 Å². The van der Waals surface area contributed by atoms with Crippen molar-refractivity contribution in [2.24, 2.45) is 0 Å². The summed E-state index contributed by atoms with van der Waals surface area (Å²) < 4.78 is 18.6. The van der Waals surface area contributed by atoms with Crippen molar-refractivity contribution in [3.05, 3.63) is 53.3 Å². The van der Waals surface area contributed by atoms with Crippen LogP contribution in [0.5, 0.6) is 11.5 Å². The number of aromatic hydroxyl groups is 1. The highest BCUT2D eigenvalue weighted by molar-refractivity contribution is 6.06. The SMILES string of the molecule is COc1ccc(C(=O)Nc2ccc(C#N)cc2F)c(O)c1. The van der Waals surface area contributed by atoms with E-state index in [1.165, 1.54) is 37.4 Å². The van der Waals surface area contributed by atoms with E-state index in [-0.39, 0.29) is 22.6 Å². The minimum absolute atomic E-state index is 0.0143. The Morgan fingerprint density at radius 1 is 1.33 bits per heavy atom. The maximum absolute atomic E-state index is 13.7. The number of halogens is 1. The van der Waals surface area contributed by atoms with Crippen molar-refractivity contribution in [2.45, 2.75) is 0 Å². The van der Waals surface area contributed by atoms with Crippen molar-refractivity contribution in [3.63, 3.8) is 0 Å². The van der Waals surface area contributed by atoms with E-state index in [0.717, 1.165) is 6.07 Å². The van der Waals surface area contributed by atoms with Gasteiger partial charge in [-0.05, 0) is 30.3 Å². The molecule has 0 bridgehead atoms. The van der Waals surface area contributed by atoms with E-state index >= 15 is 0 Å². The molecule has 106 valence electrons. The molecule has 0 aromatic heterocycles. The van der Waals surface area contributed by atoms with Crippen LogP contribution in [0.1, 0.15) is 15.9 Å². The number of benzene rings is 2. The second-order valence-electron chi connectivity index (χ2n) is 4.14. The van der Waals surface area contributed by atoms with Crippen molar-refractivity contribution in [3.8, 4) is 17.6 Å². The van der Waals surface area contributed by atoms with Gasteiger partial charge in [0.2, 0.25) is 0 Å². The average Bonchev–Trinajstić information content (AvgIpc) is 2.48. The molecule has 0 unspecified atom stereocenters. The third-order valence-electron chi connectivity index (χ3n) is 2.80. The first-order valence-electron chi connectivity index (χ1n) is 5.93. The first-order chi connectivity index (χ1) is 10.0. The molecule has 0 saturated heterocycles. The quantitative estimate of drug-likeness (QED) is 0.908. The zero-order valence-corrected chi connectivity index (χ0v) is 11.1. The van der Waals surface area contributed by atoms with Crippen LogP contribution in [0.4, 0.5) is 10.1 Å². The zero-order chi connectivity index (χ0) is 15.4. The van der Waals surface area contributed by atoms with Crippen molar-refractivity contribution in [1.82, 2.24) is 0 Å². The Hall–Kier alpha value is -3.07. The number of nitrogens with one attached hydrogen (secondary N) is 1. The Balaban J connectivity index is 2.24. The minimum Gasteiger partial charge on any atom is -0.507 e. The van der Waals surface area contributed by atoms with Crippen molar-refractivity contribution in [1.29, 1.82) is 5.26 Å². The predicted molar refractivity (Wildman–Crippen MR) is 73.7 cm³/mol. The van der Waals surface area contributed by atoms with Gasteiger partial charge in [-0.1, -0.05) is 0 Å². The minimum atomic E-state index is -0.726.